The topological polar surface area (TPSA) is 94.2 Å². The summed E-state index contributed by atoms with van der Waals surface area (Å²) in [5, 5.41) is 15.8. The van der Waals surface area contributed by atoms with Crippen LogP contribution in [-0.4, -0.2) is 39.5 Å². The molecule has 1 saturated heterocycles. The summed E-state index contributed by atoms with van der Waals surface area (Å²) in [6.45, 7) is 2.33. The Morgan fingerprint density at radius 1 is 1.13 bits per heavy atom. The van der Waals surface area contributed by atoms with E-state index in [1.807, 2.05) is 4.90 Å². The Hall–Kier alpha value is -3.50. The number of esters is 1. The summed E-state index contributed by atoms with van der Waals surface area (Å²) in [6, 6.07) is 9.07. The van der Waals surface area contributed by atoms with Gasteiger partial charge in [0, 0.05) is 20.0 Å². The van der Waals surface area contributed by atoms with Crippen LogP contribution in [0.3, 0.4) is 0 Å². The first kappa shape index (κ1) is 20.8. The van der Waals surface area contributed by atoms with Crippen molar-refractivity contribution in [3.05, 3.63) is 53.4 Å². The van der Waals surface area contributed by atoms with Crippen LogP contribution in [0.2, 0.25) is 0 Å². The highest BCUT2D eigenvalue weighted by Gasteiger charge is 2.35. The Morgan fingerprint density at radius 2 is 1.90 bits per heavy atom. The van der Waals surface area contributed by atoms with E-state index >= 15 is 0 Å². The molecule has 31 heavy (non-hydrogen) atoms. The molecule has 3 aromatic rings. The first-order chi connectivity index (χ1) is 14.8. The lowest BCUT2D eigenvalue weighted by molar-refractivity contribution is -0.143. The Balaban J connectivity index is 1.34. The van der Waals surface area contributed by atoms with Gasteiger partial charge in [0.25, 0.3) is 11.8 Å². The standard InChI is InChI=1S/C20H18F3N5O3/c1-12(29)30-11-18-26-27-19(31-18)16-6-7-17(25-24-16)28-9-13(10-28)8-14-4-2-3-5-15(14)20(21,22)23/h2-7,13H,8-11H2,1H3. The van der Waals surface area contributed by atoms with Crippen LogP contribution >= 0.6 is 0 Å². The number of aromatic nitrogens is 4. The molecule has 162 valence electrons. The number of benzene rings is 1. The van der Waals surface area contributed by atoms with Crippen molar-refractivity contribution >= 4 is 11.8 Å². The molecule has 0 N–H and O–H groups in total. The van der Waals surface area contributed by atoms with Crippen LogP contribution in [-0.2, 0) is 28.7 Å². The van der Waals surface area contributed by atoms with Gasteiger partial charge < -0.3 is 14.1 Å². The quantitative estimate of drug-likeness (QED) is 0.547. The number of hydrogen-bond acceptors (Lipinski definition) is 8. The maximum atomic E-state index is 13.2. The molecular weight excluding hydrogens is 415 g/mol. The molecular formula is C20H18F3N5O3. The fourth-order valence-electron chi connectivity index (χ4n) is 3.36. The third-order valence-electron chi connectivity index (χ3n) is 4.85. The number of nitrogens with zero attached hydrogens (tertiary/aromatic N) is 5. The second-order valence-electron chi connectivity index (χ2n) is 7.19. The van der Waals surface area contributed by atoms with Crippen LogP contribution in [0.15, 0.2) is 40.8 Å². The van der Waals surface area contributed by atoms with Crippen molar-refractivity contribution < 1.29 is 27.1 Å². The zero-order chi connectivity index (χ0) is 22.0. The van der Waals surface area contributed by atoms with Gasteiger partial charge in [-0.3, -0.25) is 4.79 Å². The van der Waals surface area contributed by atoms with Gasteiger partial charge in [0.05, 0.1) is 5.56 Å². The first-order valence-electron chi connectivity index (χ1n) is 9.49. The Morgan fingerprint density at radius 3 is 2.58 bits per heavy atom. The van der Waals surface area contributed by atoms with E-state index in [2.05, 4.69) is 20.4 Å². The van der Waals surface area contributed by atoms with Crippen molar-refractivity contribution in [1.29, 1.82) is 0 Å². The number of hydrogen-bond donors (Lipinski definition) is 0. The van der Waals surface area contributed by atoms with Gasteiger partial charge in [-0.1, -0.05) is 18.2 Å². The molecule has 8 nitrogen and oxygen atoms in total. The largest absolute Gasteiger partial charge is 0.456 e. The van der Waals surface area contributed by atoms with Crippen molar-refractivity contribution in [2.75, 3.05) is 18.0 Å². The van der Waals surface area contributed by atoms with Gasteiger partial charge in [-0.2, -0.15) is 13.2 Å². The first-order valence-corrected chi connectivity index (χ1v) is 9.49. The van der Waals surface area contributed by atoms with Gasteiger partial charge in [0.1, 0.15) is 5.69 Å². The molecule has 11 heteroatoms. The molecule has 0 unspecified atom stereocenters. The Labute approximate surface area is 175 Å². The predicted octanol–water partition coefficient (Wildman–Crippen LogP) is 3.29. The minimum absolute atomic E-state index is 0.102. The summed E-state index contributed by atoms with van der Waals surface area (Å²) < 4.78 is 49.6. The molecule has 1 aliphatic heterocycles. The Bertz CT molecular complexity index is 1060. The molecule has 4 rings (SSSR count). The van der Waals surface area contributed by atoms with Gasteiger partial charge in [-0.05, 0) is 36.1 Å². The second-order valence-corrected chi connectivity index (χ2v) is 7.19. The van der Waals surface area contributed by atoms with Crippen molar-refractivity contribution in [3.8, 4) is 11.6 Å². The highest BCUT2D eigenvalue weighted by Crippen LogP contribution is 2.34. The summed E-state index contributed by atoms with van der Waals surface area (Å²) in [7, 11) is 0. The summed E-state index contributed by atoms with van der Waals surface area (Å²) in [5.41, 5.74) is 0.0914. The third kappa shape index (κ3) is 4.81. The van der Waals surface area contributed by atoms with Gasteiger partial charge in [-0.15, -0.1) is 20.4 Å². The van der Waals surface area contributed by atoms with Crippen molar-refractivity contribution in [1.82, 2.24) is 20.4 Å². The molecule has 0 atom stereocenters. The van der Waals surface area contributed by atoms with Crippen LogP contribution in [0.5, 0.6) is 0 Å². The molecule has 0 bridgehead atoms. The number of rotatable bonds is 6. The molecule has 1 aliphatic rings. The predicted molar refractivity (Wildman–Crippen MR) is 102 cm³/mol. The molecule has 2 aromatic heterocycles. The zero-order valence-electron chi connectivity index (χ0n) is 16.5. The number of halogens is 3. The normalized spacial score (nSPS) is 14.4. The average Bonchev–Trinajstić information content (AvgIpc) is 3.18. The van der Waals surface area contributed by atoms with Crippen LogP contribution in [0.4, 0.5) is 19.0 Å². The monoisotopic (exact) mass is 433 g/mol. The number of anilines is 1. The van der Waals surface area contributed by atoms with Gasteiger partial charge in [0.2, 0.25) is 0 Å². The fraction of sp³-hybridized carbons (Fsp3) is 0.350. The average molecular weight is 433 g/mol. The lowest BCUT2D eigenvalue weighted by Gasteiger charge is -2.40. The maximum absolute atomic E-state index is 13.2. The van der Waals surface area contributed by atoms with Crippen molar-refractivity contribution in [2.45, 2.75) is 26.1 Å². The molecule has 0 saturated carbocycles. The van der Waals surface area contributed by atoms with Crippen molar-refractivity contribution in [2.24, 2.45) is 5.92 Å². The van der Waals surface area contributed by atoms with E-state index in [0.29, 0.717) is 36.6 Å². The molecule has 1 fully saturated rings. The molecule has 3 heterocycles. The highest BCUT2D eigenvalue weighted by molar-refractivity contribution is 5.65. The van der Waals surface area contributed by atoms with E-state index in [-0.39, 0.29) is 24.3 Å². The second kappa shape index (κ2) is 8.32. The summed E-state index contributed by atoms with van der Waals surface area (Å²) in [5.74, 6) is 0.541. The molecule has 0 spiro atoms. The van der Waals surface area contributed by atoms with Crippen LogP contribution in [0.1, 0.15) is 23.9 Å². The van der Waals surface area contributed by atoms with E-state index in [4.69, 9.17) is 9.15 Å². The minimum Gasteiger partial charge on any atom is -0.456 e. The van der Waals surface area contributed by atoms with E-state index in [1.54, 1.807) is 18.2 Å². The molecule has 0 aliphatic carbocycles. The Kier molecular flexibility index (Phi) is 5.57. The van der Waals surface area contributed by atoms with Crippen LogP contribution in [0, 0.1) is 5.92 Å². The maximum Gasteiger partial charge on any atom is 0.416 e. The lowest BCUT2D eigenvalue weighted by Crippen LogP contribution is -2.48. The zero-order valence-corrected chi connectivity index (χ0v) is 16.5. The van der Waals surface area contributed by atoms with Crippen molar-refractivity contribution in [3.63, 3.8) is 0 Å². The number of ether oxygens (including phenoxy) is 1. The summed E-state index contributed by atoms with van der Waals surface area (Å²) in [4.78, 5) is 12.8. The SMILES string of the molecule is CC(=O)OCc1nnc(-c2ccc(N3CC(Cc4ccccc4C(F)(F)F)C3)nn2)o1. The smallest absolute Gasteiger partial charge is 0.416 e. The number of alkyl halides is 3. The highest BCUT2D eigenvalue weighted by atomic mass is 19.4. The summed E-state index contributed by atoms with van der Waals surface area (Å²) >= 11 is 0. The molecule has 1 aromatic carbocycles. The fourth-order valence-corrected chi connectivity index (χ4v) is 3.36. The minimum atomic E-state index is -4.35. The van der Waals surface area contributed by atoms with Gasteiger partial charge >= 0.3 is 12.1 Å². The molecule has 0 amide bonds. The van der Waals surface area contributed by atoms with Crippen LogP contribution < -0.4 is 4.90 Å². The lowest BCUT2D eigenvalue weighted by atomic mass is 9.90. The van der Waals surface area contributed by atoms with E-state index < -0.39 is 17.7 Å². The number of carbonyl (C=O) groups is 1. The van der Waals surface area contributed by atoms with E-state index in [1.165, 1.54) is 19.1 Å². The number of carbonyl (C=O) groups excluding carboxylic acids is 1. The van der Waals surface area contributed by atoms with E-state index in [0.717, 1.165) is 6.07 Å². The van der Waals surface area contributed by atoms with Gasteiger partial charge in [0.15, 0.2) is 12.4 Å². The van der Waals surface area contributed by atoms with E-state index in [9.17, 15) is 18.0 Å². The van der Waals surface area contributed by atoms with Crippen LogP contribution in [0.25, 0.3) is 11.6 Å². The third-order valence-corrected chi connectivity index (χ3v) is 4.85. The molecule has 0 radical (unpaired) electrons. The summed E-state index contributed by atoms with van der Waals surface area (Å²) in [6.07, 6.45) is -4.00. The van der Waals surface area contributed by atoms with Gasteiger partial charge in [-0.25, -0.2) is 0 Å².